The summed E-state index contributed by atoms with van der Waals surface area (Å²) in [4.78, 5) is 11.2. The second-order valence-electron chi connectivity index (χ2n) is 3.43. The van der Waals surface area contributed by atoms with Gasteiger partial charge in [-0.25, -0.2) is 0 Å². The largest absolute Gasteiger partial charge is 0.469 e. The number of rotatable bonds is 3. The number of benzene rings is 1. The molecular weight excluding hydrogens is 226 g/mol. The number of carbonyl (C=O) groups excluding carboxylic acids is 1. The lowest BCUT2D eigenvalue weighted by Crippen LogP contribution is -2.06. The number of ether oxygens (including phenoxy) is 1. The van der Waals surface area contributed by atoms with Gasteiger partial charge in [0.2, 0.25) is 0 Å². The van der Waals surface area contributed by atoms with Crippen molar-refractivity contribution in [2.75, 3.05) is 7.11 Å². The normalized spacial score (nSPS) is 9.62. The molecule has 0 aliphatic carbocycles. The highest BCUT2D eigenvalue weighted by Gasteiger charge is 2.10. The smallest absolute Gasteiger partial charge is 0.309 e. The van der Waals surface area contributed by atoms with Crippen LogP contribution < -0.4 is 0 Å². The molecule has 0 fully saturated rings. The van der Waals surface area contributed by atoms with Crippen LogP contribution in [0.25, 0.3) is 0 Å². The molecule has 0 amide bonds. The summed E-state index contributed by atoms with van der Waals surface area (Å²) in [7, 11) is 1.34. The summed E-state index contributed by atoms with van der Waals surface area (Å²) >= 11 is 5.73. The molecule has 4 heteroatoms. The molecule has 1 aromatic carbocycles. The number of alkyl halides is 1. The van der Waals surface area contributed by atoms with E-state index in [4.69, 9.17) is 16.9 Å². The van der Waals surface area contributed by atoms with E-state index in [2.05, 4.69) is 10.8 Å². The van der Waals surface area contributed by atoms with Gasteiger partial charge in [-0.3, -0.25) is 4.79 Å². The lowest BCUT2D eigenvalue weighted by Gasteiger charge is -2.08. The highest BCUT2D eigenvalue weighted by molar-refractivity contribution is 6.17. The van der Waals surface area contributed by atoms with Crippen molar-refractivity contribution in [2.45, 2.75) is 19.2 Å². The van der Waals surface area contributed by atoms with Crippen molar-refractivity contribution in [3.63, 3.8) is 0 Å². The number of aryl methyl sites for hydroxylation is 1. The van der Waals surface area contributed by atoms with Crippen LogP contribution in [0.15, 0.2) is 12.1 Å². The predicted molar refractivity (Wildman–Crippen MR) is 61.2 cm³/mol. The zero-order valence-corrected chi connectivity index (χ0v) is 9.97. The highest BCUT2D eigenvalue weighted by atomic mass is 35.5. The average molecular weight is 238 g/mol. The van der Waals surface area contributed by atoms with Crippen LogP contribution in [0, 0.1) is 18.3 Å². The minimum atomic E-state index is -0.314. The molecule has 0 aromatic heterocycles. The van der Waals surface area contributed by atoms with Gasteiger partial charge in [-0.2, -0.15) is 5.26 Å². The third-order valence-electron chi connectivity index (χ3n) is 2.39. The highest BCUT2D eigenvalue weighted by Crippen LogP contribution is 2.18. The number of carbonyl (C=O) groups is 1. The van der Waals surface area contributed by atoms with Gasteiger partial charge in [0.05, 0.1) is 25.2 Å². The molecule has 0 atom stereocenters. The molecule has 0 N–H and O–H groups in total. The average Bonchev–Trinajstić information content (AvgIpc) is 2.30. The number of hydrogen-bond donors (Lipinski definition) is 0. The fraction of sp³-hybridized carbons (Fsp3) is 0.333. The van der Waals surface area contributed by atoms with E-state index in [0.717, 1.165) is 16.7 Å². The number of esters is 1. The number of methoxy groups -OCH3 is 1. The Morgan fingerprint density at radius 1 is 1.50 bits per heavy atom. The van der Waals surface area contributed by atoms with Gasteiger partial charge in [-0.05, 0) is 29.7 Å². The molecule has 0 bridgehead atoms. The van der Waals surface area contributed by atoms with Gasteiger partial charge in [-0.15, -0.1) is 11.6 Å². The summed E-state index contributed by atoms with van der Waals surface area (Å²) in [5.41, 5.74) is 3.05. The molecule has 0 saturated heterocycles. The van der Waals surface area contributed by atoms with Gasteiger partial charge in [0.1, 0.15) is 0 Å². The molecule has 84 valence electrons. The van der Waals surface area contributed by atoms with E-state index in [1.165, 1.54) is 7.11 Å². The maximum Gasteiger partial charge on any atom is 0.309 e. The standard InChI is InChI=1S/C12H12ClNO2/c1-8-3-10(6-13)11(7-14)4-9(8)5-12(15)16-2/h3-4H,5-6H2,1-2H3. The Morgan fingerprint density at radius 3 is 2.69 bits per heavy atom. The molecule has 0 unspecified atom stereocenters. The van der Waals surface area contributed by atoms with Crippen molar-refractivity contribution >= 4 is 17.6 Å². The molecule has 1 rings (SSSR count). The Hall–Kier alpha value is -1.53. The molecule has 0 radical (unpaired) electrons. The molecule has 0 aliphatic heterocycles. The van der Waals surface area contributed by atoms with Crippen molar-refractivity contribution in [3.8, 4) is 6.07 Å². The van der Waals surface area contributed by atoms with E-state index >= 15 is 0 Å². The Kier molecular flexibility index (Phi) is 4.33. The van der Waals surface area contributed by atoms with Crippen molar-refractivity contribution in [1.29, 1.82) is 5.26 Å². The summed E-state index contributed by atoms with van der Waals surface area (Å²) in [6.45, 7) is 1.88. The minimum Gasteiger partial charge on any atom is -0.469 e. The molecule has 0 spiro atoms. The van der Waals surface area contributed by atoms with E-state index in [1.807, 2.05) is 13.0 Å². The van der Waals surface area contributed by atoms with Crippen LogP contribution in [0.1, 0.15) is 22.3 Å². The van der Waals surface area contributed by atoms with Crippen LogP contribution in [0.3, 0.4) is 0 Å². The van der Waals surface area contributed by atoms with Gasteiger partial charge in [0.15, 0.2) is 0 Å². The van der Waals surface area contributed by atoms with E-state index in [0.29, 0.717) is 11.4 Å². The fourth-order valence-corrected chi connectivity index (χ4v) is 1.67. The molecule has 1 aromatic rings. The van der Waals surface area contributed by atoms with E-state index in [-0.39, 0.29) is 12.4 Å². The maximum atomic E-state index is 11.2. The Morgan fingerprint density at radius 2 is 2.19 bits per heavy atom. The van der Waals surface area contributed by atoms with Gasteiger partial charge >= 0.3 is 5.97 Å². The third-order valence-corrected chi connectivity index (χ3v) is 2.68. The molecule has 16 heavy (non-hydrogen) atoms. The number of nitriles is 1. The van der Waals surface area contributed by atoms with Gasteiger partial charge in [0, 0.05) is 5.88 Å². The van der Waals surface area contributed by atoms with Crippen molar-refractivity contribution in [1.82, 2.24) is 0 Å². The van der Waals surface area contributed by atoms with Gasteiger partial charge in [0.25, 0.3) is 0 Å². The first-order valence-corrected chi connectivity index (χ1v) is 5.31. The maximum absolute atomic E-state index is 11.2. The number of hydrogen-bond acceptors (Lipinski definition) is 3. The van der Waals surface area contributed by atoms with Gasteiger partial charge in [-0.1, -0.05) is 6.07 Å². The summed E-state index contributed by atoms with van der Waals surface area (Å²) in [5, 5.41) is 8.93. The first kappa shape index (κ1) is 12.5. The van der Waals surface area contributed by atoms with Crippen molar-refractivity contribution in [2.24, 2.45) is 0 Å². The molecule has 3 nitrogen and oxygen atoms in total. The van der Waals surface area contributed by atoms with Crippen molar-refractivity contribution < 1.29 is 9.53 Å². The van der Waals surface area contributed by atoms with E-state index in [9.17, 15) is 4.79 Å². The van der Waals surface area contributed by atoms with Crippen LogP contribution in [0.5, 0.6) is 0 Å². The topological polar surface area (TPSA) is 50.1 Å². The molecular formula is C12H12ClNO2. The summed E-state index contributed by atoms with van der Waals surface area (Å²) < 4.78 is 4.59. The lowest BCUT2D eigenvalue weighted by atomic mass is 9.98. The summed E-state index contributed by atoms with van der Waals surface area (Å²) in [5.74, 6) is -0.0204. The van der Waals surface area contributed by atoms with Gasteiger partial charge < -0.3 is 4.74 Å². The second kappa shape index (κ2) is 5.53. The Bertz CT molecular complexity index is 449. The van der Waals surface area contributed by atoms with Crippen LogP contribution in [0.4, 0.5) is 0 Å². The van der Waals surface area contributed by atoms with Crippen molar-refractivity contribution in [3.05, 3.63) is 34.4 Å². The second-order valence-corrected chi connectivity index (χ2v) is 3.70. The first-order valence-electron chi connectivity index (χ1n) is 4.77. The lowest BCUT2D eigenvalue weighted by molar-refractivity contribution is -0.139. The predicted octanol–water partition coefficient (Wildman–Crippen LogP) is 2.32. The summed E-state index contributed by atoms with van der Waals surface area (Å²) in [6.07, 6.45) is 0.180. The Balaban J connectivity index is 3.12. The van der Waals surface area contributed by atoms with E-state index in [1.54, 1.807) is 6.07 Å². The fourth-order valence-electron chi connectivity index (χ4n) is 1.45. The molecule has 0 heterocycles. The molecule has 0 aliphatic rings. The monoisotopic (exact) mass is 237 g/mol. The number of halogens is 1. The zero-order valence-electron chi connectivity index (χ0n) is 9.21. The number of nitrogens with zero attached hydrogens (tertiary/aromatic N) is 1. The summed E-state index contributed by atoms with van der Waals surface area (Å²) in [6, 6.07) is 5.60. The van der Waals surface area contributed by atoms with Crippen LogP contribution in [0.2, 0.25) is 0 Å². The SMILES string of the molecule is COC(=O)Cc1cc(C#N)c(CCl)cc1C. The zero-order chi connectivity index (χ0) is 12.1. The Labute approximate surface area is 99.6 Å². The van der Waals surface area contributed by atoms with Crippen LogP contribution in [-0.4, -0.2) is 13.1 Å². The van der Waals surface area contributed by atoms with Crippen LogP contribution in [-0.2, 0) is 21.8 Å². The molecule has 0 saturated carbocycles. The first-order chi connectivity index (χ1) is 7.62. The van der Waals surface area contributed by atoms with E-state index < -0.39 is 0 Å². The minimum absolute atomic E-state index is 0.180. The van der Waals surface area contributed by atoms with Crippen LogP contribution >= 0.6 is 11.6 Å². The quantitative estimate of drug-likeness (QED) is 0.599. The third kappa shape index (κ3) is 2.74.